The maximum Gasteiger partial charge on any atom is 0.118 e. The van der Waals surface area contributed by atoms with E-state index in [9.17, 15) is 0 Å². The molecular formula is C21H30O2Si. The smallest absolute Gasteiger partial charge is 0.118 e. The Morgan fingerprint density at radius 3 is 2.12 bits per heavy atom. The Morgan fingerprint density at radius 2 is 1.54 bits per heavy atom. The maximum absolute atomic E-state index is 6.29. The average molecular weight is 343 g/mol. The molecule has 0 amide bonds. The van der Waals surface area contributed by atoms with Crippen molar-refractivity contribution in [2.45, 2.75) is 51.2 Å². The molecule has 1 atom stereocenters. The van der Waals surface area contributed by atoms with Crippen molar-refractivity contribution in [3.8, 4) is 5.75 Å². The van der Waals surface area contributed by atoms with Crippen molar-refractivity contribution in [3.05, 3.63) is 65.7 Å². The molecule has 0 N–H and O–H groups in total. The lowest BCUT2D eigenvalue weighted by Crippen LogP contribution is -2.29. The highest BCUT2D eigenvalue weighted by Crippen LogP contribution is 2.21. The summed E-state index contributed by atoms with van der Waals surface area (Å²) in [5, 5.41) is 0. The molecule has 2 nitrogen and oxygen atoms in total. The summed E-state index contributed by atoms with van der Waals surface area (Å²) >= 11 is 0. The summed E-state index contributed by atoms with van der Waals surface area (Å²) in [6, 6.07) is 20.1. The van der Waals surface area contributed by atoms with Crippen LogP contribution in [0, 0.1) is 0 Å². The summed E-state index contributed by atoms with van der Waals surface area (Å²) in [6.45, 7) is 7.92. The number of ether oxygens (including phenoxy) is 2. The summed E-state index contributed by atoms with van der Waals surface area (Å²) in [6.07, 6.45) is 2.50. The molecule has 0 saturated carbocycles. The van der Waals surface area contributed by atoms with Gasteiger partial charge in [-0.15, -0.1) is 0 Å². The summed E-state index contributed by atoms with van der Waals surface area (Å²) in [7, 11) is 0.537. The van der Waals surface area contributed by atoms with E-state index in [2.05, 4.69) is 62.1 Å². The first-order chi connectivity index (χ1) is 11.5. The average Bonchev–Trinajstić information content (AvgIpc) is 2.57. The summed E-state index contributed by atoms with van der Waals surface area (Å²) in [4.78, 5) is 0. The van der Waals surface area contributed by atoms with Crippen molar-refractivity contribution in [1.29, 1.82) is 0 Å². The van der Waals surface area contributed by atoms with Crippen molar-refractivity contribution >= 4 is 8.07 Å². The third kappa shape index (κ3) is 6.89. The number of hydrogen-bond donors (Lipinski definition) is 0. The zero-order valence-corrected chi connectivity index (χ0v) is 16.4. The normalized spacial score (nSPS) is 12.8. The maximum atomic E-state index is 6.29. The van der Waals surface area contributed by atoms with Gasteiger partial charge < -0.3 is 9.47 Å². The monoisotopic (exact) mass is 342 g/mol. The topological polar surface area (TPSA) is 18.5 Å². The molecule has 1 unspecified atom stereocenters. The van der Waals surface area contributed by atoms with Crippen LogP contribution >= 0.6 is 0 Å². The molecule has 0 radical (unpaired) electrons. The van der Waals surface area contributed by atoms with Gasteiger partial charge in [-0.3, -0.25) is 0 Å². The Hall–Kier alpha value is -1.58. The molecule has 0 aromatic heterocycles. The SMILES string of the molecule is COc1ccc(COC(CCc2ccccc2)C[Si](C)(C)C)cc1. The minimum atomic E-state index is -1.16. The molecule has 0 spiro atoms. The van der Waals surface area contributed by atoms with E-state index < -0.39 is 8.07 Å². The molecule has 2 aromatic rings. The van der Waals surface area contributed by atoms with E-state index in [1.165, 1.54) is 17.2 Å². The second-order valence-electron chi connectivity index (χ2n) is 7.57. The Morgan fingerprint density at radius 1 is 0.875 bits per heavy atom. The Labute approximate surface area is 147 Å². The first-order valence-corrected chi connectivity index (χ1v) is 12.5. The van der Waals surface area contributed by atoms with E-state index in [1.54, 1.807) is 7.11 Å². The van der Waals surface area contributed by atoms with Gasteiger partial charge in [0.15, 0.2) is 0 Å². The van der Waals surface area contributed by atoms with Crippen LogP contribution in [0.25, 0.3) is 0 Å². The van der Waals surface area contributed by atoms with Crippen molar-refractivity contribution in [2.75, 3.05) is 7.11 Å². The van der Waals surface area contributed by atoms with Crippen LogP contribution in [0.2, 0.25) is 25.7 Å². The van der Waals surface area contributed by atoms with Crippen LogP contribution in [0.3, 0.4) is 0 Å². The highest BCUT2D eigenvalue weighted by Gasteiger charge is 2.21. The number of methoxy groups -OCH3 is 1. The standard InChI is InChI=1S/C21H30O2Si/c1-22-20-13-11-19(12-14-20)16-23-21(17-24(2,3)4)15-10-18-8-6-5-7-9-18/h5-9,11-14,21H,10,15-17H2,1-4H3. The first-order valence-electron chi connectivity index (χ1n) is 8.75. The molecule has 0 bridgehead atoms. The predicted molar refractivity (Wildman–Crippen MR) is 104 cm³/mol. The van der Waals surface area contributed by atoms with Crippen LogP contribution in [-0.2, 0) is 17.8 Å². The third-order valence-electron chi connectivity index (χ3n) is 4.08. The van der Waals surface area contributed by atoms with Crippen LogP contribution < -0.4 is 4.74 Å². The minimum Gasteiger partial charge on any atom is -0.497 e. The second-order valence-corrected chi connectivity index (χ2v) is 13.1. The molecule has 2 aromatic carbocycles. The van der Waals surface area contributed by atoms with E-state index in [-0.39, 0.29) is 0 Å². The van der Waals surface area contributed by atoms with E-state index >= 15 is 0 Å². The molecule has 130 valence electrons. The summed E-state index contributed by atoms with van der Waals surface area (Å²) < 4.78 is 11.5. The van der Waals surface area contributed by atoms with E-state index in [1.807, 2.05) is 12.1 Å². The van der Waals surface area contributed by atoms with Gasteiger partial charge in [-0.2, -0.15) is 0 Å². The van der Waals surface area contributed by atoms with Crippen molar-refractivity contribution in [2.24, 2.45) is 0 Å². The zero-order chi connectivity index (χ0) is 17.4. The molecule has 2 rings (SSSR count). The van der Waals surface area contributed by atoms with E-state index in [4.69, 9.17) is 9.47 Å². The lowest BCUT2D eigenvalue weighted by Gasteiger charge is -2.25. The fourth-order valence-corrected chi connectivity index (χ4v) is 4.52. The van der Waals surface area contributed by atoms with Crippen LogP contribution in [0.4, 0.5) is 0 Å². The molecule has 0 heterocycles. The van der Waals surface area contributed by atoms with Gasteiger partial charge in [0, 0.05) is 8.07 Å². The van der Waals surface area contributed by atoms with Crippen LogP contribution in [0.5, 0.6) is 5.75 Å². The van der Waals surface area contributed by atoms with Gasteiger partial charge in [0.25, 0.3) is 0 Å². The molecule has 0 saturated heterocycles. The lowest BCUT2D eigenvalue weighted by atomic mass is 10.1. The van der Waals surface area contributed by atoms with Gasteiger partial charge in [0.2, 0.25) is 0 Å². The van der Waals surface area contributed by atoms with Crippen molar-refractivity contribution in [3.63, 3.8) is 0 Å². The van der Waals surface area contributed by atoms with Crippen LogP contribution in [0.1, 0.15) is 17.5 Å². The van der Waals surface area contributed by atoms with Gasteiger partial charge in [-0.25, -0.2) is 0 Å². The van der Waals surface area contributed by atoms with Gasteiger partial charge in [-0.05, 0) is 42.1 Å². The van der Waals surface area contributed by atoms with Crippen molar-refractivity contribution in [1.82, 2.24) is 0 Å². The van der Waals surface area contributed by atoms with Gasteiger partial charge in [-0.1, -0.05) is 62.1 Å². The number of hydrogen-bond acceptors (Lipinski definition) is 2. The van der Waals surface area contributed by atoms with Gasteiger partial charge in [0.1, 0.15) is 5.75 Å². The molecular weight excluding hydrogens is 312 g/mol. The minimum absolute atomic E-state index is 0.332. The van der Waals surface area contributed by atoms with E-state index in [0.717, 1.165) is 18.6 Å². The first kappa shape index (κ1) is 18.8. The predicted octanol–water partition coefficient (Wildman–Crippen LogP) is 5.55. The summed E-state index contributed by atoms with van der Waals surface area (Å²) in [5.74, 6) is 0.890. The molecule has 0 aliphatic carbocycles. The van der Waals surface area contributed by atoms with Crippen LogP contribution in [-0.4, -0.2) is 21.3 Å². The fourth-order valence-electron chi connectivity index (χ4n) is 2.84. The molecule has 24 heavy (non-hydrogen) atoms. The molecule has 0 aliphatic rings. The second kappa shape index (κ2) is 9.05. The lowest BCUT2D eigenvalue weighted by molar-refractivity contribution is 0.0469. The Balaban J connectivity index is 1.92. The zero-order valence-electron chi connectivity index (χ0n) is 15.4. The number of rotatable bonds is 9. The molecule has 0 aliphatic heterocycles. The molecule has 0 fully saturated rings. The highest BCUT2D eigenvalue weighted by atomic mass is 28.3. The molecule has 3 heteroatoms. The fraction of sp³-hybridized carbons (Fsp3) is 0.429. The van der Waals surface area contributed by atoms with Gasteiger partial charge >= 0.3 is 0 Å². The Kier molecular flexibility index (Phi) is 7.07. The van der Waals surface area contributed by atoms with E-state index in [0.29, 0.717) is 12.7 Å². The number of benzene rings is 2. The third-order valence-corrected chi connectivity index (χ3v) is 5.76. The quantitative estimate of drug-likeness (QED) is 0.556. The summed E-state index contributed by atoms with van der Waals surface area (Å²) in [5.41, 5.74) is 2.60. The highest BCUT2D eigenvalue weighted by molar-refractivity contribution is 6.76. The largest absolute Gasteiger partial charge is 0.497 e. The number of aryl methyl sites for hydroxylation is 1. The van der Waals surface area contributed by atoms with Crippen LogP contribution in [0.15, 0.2) is 54.6 Å². The Bertz CT molecular complexity index is 587. The van der Waals surface area contributed by atoms with Crippen molar-refractivity contribution < 1.29 is 9.47 Å². The van der Waals surface area contributed by atoms with Gasteiger partial charge in [0.05, 0.1) is 19.8 Å².